The van der Waals surface area contributed by atoms with Crippen molar-refractivity contribution >= 4 is 11.8 Å². The molecule has 0 radical (unpaired) electrons. The highest BCUT2D eigenvalue weighted by atomic mass is 16.5. The van der Waals surface area contributed by atoms with Crippen molar-refractivity contribution < 1.29 is 23.5 Å². The number of ether oxygens (including phenoxy) is 2. The van der Waals surface area contributed by atoms with E-state index in [1.165, 1.54) is 14.2 Å². The van der Waals surface area contributed by atoms with Crippen LogP contribution in [0.1, 0.15) is 42.1 Å². The number of benzene rings is 1. The van der Waals surface area contributed by atoms with Crippen LogP contribution in [0.5, 0.6) is 11.5 Å². The summed E-state index contributed by atoms with van der Waals surface area (Å²) in [6.45, 7) is 4.53. The van der Waals surface area contributed by atoms with Gasteiger partial charge in [-0.05, 0) is 49.7 Å². The van der Waals surface area contributed by atoms with Crippen LogP contribution in [0, 0.1) is 0 Å². The highest BCUT2D eigenvalue weighted by molar-refractivity contribution is 6.01. The number of rotatable bonds is 11. The van der Waals surface area contributed by atoms with E-state index in [4.69, 9.17) is 13.9 Å². The van der Waals surface area contributed by atoms with Crippen LogP contribution in [0.2, 0.25) is 0 Å². The predicted octanol–water partition coefficient (Wildman–Crippen LogP) is 4.11. The molecule has 3 aromatic rings. The minimum Gasteiger partial charge on any atom is -0.496 e. The van der Waals surface area contributed by atoms with Crippen molar-refractivity contribution in [3.8, 4) is 11.5 Å². The van der Waals surface area contributed by atoms with Crippen molar-refractivity contribution in [3.05, 3.63) is 71.9 Å². The predicted molar refractivity (Wildman–Crippen MR) is 129 cm³/mol. The Labute approximate surface area is 200 Å². The van der Waals surface area contributed by atoms with Gasteiger partial charge in [0.1, 0.15) is 29.4 Å². The summed E-state index contributed by atoms with van der Waals surface area (Å²) in [5.41, 5.74) is 1.29. The molecule has 2 aromatic heterocycles. The second kappa shape index (κ2) is 11.4. The summed E-state index contributed by atoms with van der Waals surface area (Å²) in [6, 6.07) is 12.6. The average molecular weight is 468 g/mol. The number of hydrogen-bond acceptors (Lipinski definition) is 5. The van der Waals surface area contributed by atoms with Gasteiger partial charge in [0.05, 0.1) is 33.6 Å². The Morgan fingerprint density at radius 2 is 1.74 bits per heavy atom. The summed E-state index contributed by atoms with van der Waals surface area (Å²) in [5.74, 6) is 0.993. The maximum Gasteiger partial charge on any atom is 0.262 e. The Hall–Kier alpha value is -3.68. The first-order valence-corrected chi connectivity index (χ1v) is 11.3. The maximum atomic E-state index is 13.7. The zero-order chi connectivity index (χ0) is 24.7. The third kappa shape index (κ3) is 5.62. The minimum atomic E-state index is -0.311. The molecule has 1 atom stereocenters. The lowest BCUT2D eigenvalue weighted by Gasteiger charge is -2.32. The molecule has 8 heteroatoms. The van der Waals surface area contributed by atoms with Gasteiger partial charge in [0, 0.05) is 25.0 Å². The molecule has 0 fully saturated rings. The Bertz CT molecular complexity index is 1070. The Morgan fingerprint density at radius 1 is 1.03 bits per heavy atom. The fourth-order valence-corrected chi connectivity index (χ4v) is 3.78. The van der Waals surface area contributed by atoms with Crippen LogP contribution in [-0.4, -0.2) is 53.0 Å². The number of aromatic nitrogens is 1. The van der Waals surface area contributed by atoms with Gasteiger partial charge >= 0.3 is 0 Å². The molecule has 0 aliphatic rings. The van der Waals surface area contributed by atoms with Gasteiger partial charge < -0.3 is 28.3 Å². The first-order valence-electron chi connectivity index (χ1n) is 11.3. The van der Waals surface area contributed by atoms with Crippen molar-refractivity contribution in [1.29, 1.82) is 0 Å². The molecular formula is C26H33N3O5. The summed E-state index contributed by atoms with van der Waals surface area (Å²) in [6.07, 6.45) is 4.21. The molecule has 0 N–H and O–H groups in total. The van der Waals surface area contributed by atoms with E-state index in [0.29, 0.717) is 42.3 Å². The van der Waals surface area contributed by atoms with E-state index in [-0.39, 0.29) is 24.4 Å². The number of aryl methyl sites for hydroxylation is 1. The van der Waals surface area contributed by atoms with Gasteiger partial charge in [-0.1, -0.05) is 13.0 Å². The second-order valence-electron chi connectivity index (χ2n) is 8.17. The van der Waals surface area contributed by atoms with Gasteiger partial charge in [-0.3, -0.25) is 9.59 Å². The minimum absolute atomic E-state index is 0.0832. The third-order valence-corrected chi connectivity index (χ3v) is 6.01. The second-order valence-corrected chi connectivity index (χ2v) is 8.17. The zero-order valence-corrected chi connectivity index (χ0v) is 20.5. The number of nitrogens with zero attached hydrogens (tertiary/aromatic N) is 3. The average Bonchev–Trinajstić information content (AvgIpc) is 3.52. The molecule has 34 heavy (non-hydrogen) atoms. The summed E-state index contributed by atoms with van der Waals surface area (Å²) in [5, 5.41) is 0. The summed E-state index contributed by atoms with van der Waals surface area (Å²) in [4.78, 5) is 30.6. The van der Waals surface area contributed by atoms with Crippen LogP contribution < -0.4 is 9.47 Å². The van der Waals surface area contributed by atoms with E-state index in [9.17, 15) is 9.59 Å². The van der Waals surface area contributed by atoms with Crippen LogP contribution >= 0.6 is 0 Å². The number of amides is 2. The molecule has 1 unspecified atom stereocenters. The molecule has 1 aromatic carbocycles. The molecular weight excluding hydrogens is 434 g/mol. The van der Waals surface area contributed by atoms with Gasteiger partial charge in [0.25, 0.3) is 5.91 Å². The van der Waals surface area contributed by atoms with Crippen LogP contribution in [0.4, 0.5) is 0 Å². The summed E-state index contributed by atoms with van der Waals surface area (Å²) >= 11 is 0. The number of carbonyl (C=O) groups excluding carboxylic acids is 2. The molecule has 0 saturated carbocycles. The Kier molecular flexibility index (Phi) is 8.40. The summed E-state index contributed by atoms with van der Waals surface area (Å²) in [7, 11) is 4.96. The number of methoxy groups -OCH3 is 2. The fraction of sp³-hybridized carbons (Fsp3) is 0.385. The van der Waals surface area contributed by atoms with E-state index in [1.807, 2.05) is 49.9 Å². The Balaban J connectivity index is 1.91. The lowest BCUT2D eigenvalue weighted by atomic mass is 10.1. The highest BCUT2D eigenvalue weighted by Gasteiger charge is 2.30. The van der Waals surface area contributed by atoms with Gasteiger partial charge in [-0.25, -0.2) is 0 Å². The molecule has 0 aliphatic carbocycles. The molecule has 0 bridgehead atoms. The van der Waals surface area contributed by atoms with E-state index in [2.05, 4.69) is 0 Å². The van der Waals surface area contributed by atoms with Crippen LogP contribution in [0.3, 0.4) is 0 Å². The normalized spacial score (nSPS) is 11.7. The summed E-state index contributed by atoms with van der Waals surface area (Å²) < 4.78 is 18.4. The van der Waals surface area contributed by atoms with E-state index >= 15 is 0 Å². The topological polar surface area (TPSA) is 77.2 Å². The maximum absolute atomic E-state index is 13.7. The van der Waals surface area contributed by atoms with Crippen LogP contribution in [0.25, 0.3) is 0 Å². The first kappa shape index (κ1) is 25.0. The first-order chi connectivity index (χ1) is 16.4. The van der Waals surface area contributed by atoms with Gasteiger partial charge in [-0.15, -0.1) is 0 Å². The fourth-order valence-electron chi connectivity index (χ4n) is 3.78. The van der Waals surface area contributed by atoms with E-state index < -0.39 is 0 Å². The molecule has 0 aliphatic heterocycles. The smallest absolute Gasteiger partial charge is 0.262 e. The van der Waals surface area contributed by atoms with Crippen molar-refractivity contribution in [3.63, 3.8) is 0 Å². The van der Waals surface area contributed by atoms with Crippen molar-refractivity contribution in [1.82, 2.24) is 14.4 Å². The molecule has 182 valence electrons. The molecule has 0 saturated heterocycles. The van der Waals surface area contributed by atoms with E-state index in [0.717, 1.165) is 5.69 Å². The van der Waals surface area contributed by atoms with Gasteiger partial charge in [0.15, 0.2) is 0 Å². The number of hydrogen-bond donors (Lipinski definition) is 0. The number of carbonyl (C=O) groups is 2. The quantitative estimate of drug-likeness (QED) is 0.424. The molecule has 3 rings (SSSR count). The van der Waals surface area contributed by atoms with Crippen LogP contribution in [-0.2, 0) is 24.9 Å². The van der Waals surface area contributed by atoms with E-state index in [1.54, 1.807) is 40.3 Å². The van der Waals surface area contributed by atoms with Crippen molar-refractivity contribution in [2.24, 2.45) is 7.05 Å². The lowest BCUT2D eigenvalue weighted by molar-refractivity contribution is -0.134. The number of furan rings is 1. The van der Waals surface area contributed by atoms with Gasteiger partial charge in [-0.2, -0.15) is 0 Å². The van der Waals surface area contributed by atoms with Crippen molar-refractivity contribution in [2.75, 3.05) is 20.8 Å². The molecule has 8 nitrogen and oxygen atoms in total. The molecule has 2 amide bonds. The lowest BCUT2D eigenvalue weighted by Crippen LogP contribution is -2.46. The highest BCUT2D eigenvalue weighted by Crippen LogP contribution is 2.30. The zero-order valence-electron chi connectivity index (χ0n) is 20.5. The molecule has 2 heterocycles. The standard InChI is InChI=1S/C26H33N3O5/c1-6-19(2)29(26(31)25-22(32-4)12-7-13-23(25)33-5)18-24(30)28(17-21-11-9-15-34-21)16-20-10-8-14-27(20)3/h7-15,19H,6,16-18H2,1-5H3. The monoisotopic (exact) mass is 467 g/mol. The van der Waals surface area contributed by atoms with Gasteiger partial charge in [0.2, 0.25) is 5.91 Å². The van der Waals surface area contributed by atoms with Crippen LogP contribution in [0.15, 0.2) is 59.3 Å². The largest absolute Gasteiger partial charge is 0.496 e. The molecule has 0 spiro atoms. The van der Waals surface area contributed by atoms with Crippen molar-refractivity contribution in [2.45, 2.75) is 39.4 Å². The SMILES string of the molecule is CCC(C)N(CC(=O)N(Cc1ccco1)Cc1cccn1C)C(=O)c1c(OC)cccc1OC. The third-order valence-electron chi connectivity index (χ3n) is 6.01. The Morgan fingerprint density at radius 3 is 2.26 bits per heavy atom.